The molecular weight excluding hydrogens is 366 g/mol. The first kappa shape index (κ1) is 18.4. The van der Waals surface area contributed by atoms with Gasteiger partial charge in [-0.15, -0.1) is 0 Å². The molecule has 0 radical (unpaired) electrons. The Morgan fingerprint density at radius 2 is 1.74 bits per heavy atom. The van der Waals surface area contributed by atoms with Crippen LogP contribution in [0.5, 0.6) is 0 Å². The monoisotopic (exact) mass is 381 g/mol. The molecule has 136 valence electrons. The second-order valence-electron chi connectivity index (χ2n) is 5.59. The fraction of sp³-hybridized carbons (Fsp3) is 0.0500. The summed E-state index contributed by atoms with van der Waals surface area (Å²) in [6.07, 6.45) is 1.59. The van der Waals surface area contributed by atoms with E-state index in [1.54, 1.807) is 60.8 Å². The molecule has 0 saturated heterocycles. The van der Waals surface area contributed by atoms with Crippen LogP contribution in [0.4, 0.5) is 17.2 Å². The number of carbonyl (C=O) groups is 2. The molecule has 2 aromatic carbocycles. The van der Waals surface area contributed by atoms with Gasteiger partial charge in [0.15, 0.2) is 0 Å². The number of hydrogen-bond donors (Lipinski definition) is 2. The van der Waals surface area contributed by atoms with Gasteiger partial charge in [0, 0.05) is 16.3 Å². The van der Waals surface area contributed by atoms with Gasteiger partial charge in [-0.05, 0) is 54.6 Å². The summed E-state index contributed by atoms with van der Waals surface area (Å²) in [5.41, 5.74) is 2.37. The maximum Gasteiger partial charge on any atom is 0.337 e. The number of nitrogens with zero attached hydrogens (tertiary/aromatic N) is 1. The number of anilines is 3. The fourth-order valence-corrected chi connectivity index (χ4v) is 2.47. The smallest absolute Gasteiger partial charge is 0.337 e. The number of nitrogens with one attached hydrogen (secondary N) is 2. The maximum atomic E-state index is 12.2. The Morgan fingerprint density at radius 3 is 2.41 bits per heavy atom. The molecule has 27 heavy (non-hydrogen) atoms. The largest absolute Gasteiger partial charge is 0.465 e. The highest BCUT2D eigenvalue weighted by atomic mass is 35.5. The standard InChI is InChI=1S/C20H16ClN3O3/c1-27-20(26)14-3-2-4-16(11-14)23-17-9-10-18(22-12-17)24-19(25)13-5-7-15(21)8-6-13/h2-12,23H,1H3,(H,22,24,25). The Morgan fingerprint density at radius 1 is 0.963 bits per heavy atom. The first-order chi connectivity index (χ1) is 13.0. The zero-order valence-corrected chi connectivity index (χ0v) is 15.2. The molecule has 0 unspecified atom stereocenters. The number of benzene rings is 2. The van der Waals surface area contributed by atoms with Gasteiger partial charge in [-0.3, -0.25) is 4.79 Å². The highest BCUT2D eigenvalue weighted by molar-refractivity contribution is 6.30. The van der Waals surface area contributed by atoms with Crippen LogP contribution in [0.2, 0.25) is 5.02 Å². The van der Waals surface area contributed by atoms with Crippen molar-refractivity contribution in [1.82, 2.24) is 4.98 Å². The third-order valence-corrected chi connectivity index (χ3v) is 3.94. The van der Waals surface area contributed by atoms with Crippen LogP contribution in [-0.4, -0.2) is 24.0 Å². The number of ether oxygens (including phenoxy) is 1. The molecule has 1 amide bonds. The molecule has 0 spiro atoms. The molecule has 2 N–H and O–H groups in total. The number of methoxy groups -OCH3 is 1. The topological polar surface area (TPSA) is 80.3 Å². The molecule has 1 heterocycles. The molecule has 1 aromatic heterocycles. The van der Waals surface area contributed by atoms with Crippen molar-refractivity contribution in [3.8, 4) is 0 Å². The van der Waals surface area contributed by atoms with Crippen LogP contribution >= 0.6 is 11.6 Å². The number of amides is 1. The average molecular weight is 382 g/mol. The number of pyridine rings is 1. The molecule has 0 aliphatic rings. The SMILES string of the molecule is COC(=O)c1cccc(Nc2ccc(NC(=O)c3ccc(Cl)cc3)nc2)c1. The zero-order chi connectivity index (χ0) is 19.2. The minimum Gasteiger partial charge on any atom is -0.465 e. The van der Waals surface area contributed by atoms with Crippen molar-refractivity contribution < 1.29 is 14.3 Å². The van der Waals surface area contributed by atoms with E-state index in [2.05, 4.69) is 15.6 Å². The summed E-state index contributed by atoms with van der Waals surface area (Å²) in [6, 6.07) is 17.0. The molecule has 0 fully saturated rings. The summed E-state index contributed by atoms with van der Waals surface area (Å²) in [7, 11) is 1.34. The average Bonchev–Trinajstić information content (AvgIpc) is 2.69. The van der Waals surface area contributed by atoms with Gasteiger partial charge in [0.2, 0.25) is 0 Å². The van der Waals surface area contributed by atoms with Crippen LogP contribution < -0.4 is 10.6 Å². The summed E-state index contributed by atoms with van der Waals surface area (Å²) in [5.74, 6) is -0.258. The van der Waals surface area contributed by atoms with Crippen LogP contribution in [0.15, 0.2) is 66.9 Å². The van der Waals surface area contributed by atoms with E-state index in [1.807, 2.05) is 6.07 Å². The molecule has 0 atom stereocenters. The van der Waals surface area contributed by atoms with Gasteiger partial charge in [-0.25, -0.2) is 9.78 Å². The lowest BCUT2D eigenvalue weighted by Gasteiger charge is -2.09. The molecule has 0 saturated carbocycles. The number of carbonyl (C=O) groups excluding carboxylic acids is 2. The van der Waals surface area contributed by atoms with Gasteiger partial charge in [0.05, 0.1) is 24.6 Å². The predicted octanol–water partition coefficient (Wildman–Crippen LogP) is 4.52. The molecule has 0 aliphatic carbocycles. The van der Waals surface area contributed by atoms with Crippen molar-refractivity contribution in [2.24, 2.45) is 0 Å². The lowest BCUT2D eigenvalue weighted by Crippen LogP contribution is -2.12. The Bertz CT molecular complexity index is 957. The molecule has 3 rings (SSSR count). The molecular formula is C20H16ClN3O3. The van der Waals surface area contributed by atoms with E-state index in [0.29, 0.717) is 27.7 Å². The molecule has 6 nitrogen and oxygen atoms in total. The fourth-order valence-electron chi connectivity index (χ4n) is 2.34. The second kappa shape index (κ2) is 8.33. The van der Waals surface area contributed by atoms with E-state index >= 15 is 0 Å². The van der Waals surface area contributed by atoms with E-state index in [1.165, 1.54) is 7.11 Å². The first-order valence-corrected chi connectivity index (χ1v) is 8.41. The highest BCUT2D eigenvalue weighted by Crippen LogP contribution is 2.19. The van der Waals surface area contributed by atoms with E-state index in [4.69, 9.17) is 16.3 Å². The van der Waals surface area contributed by atoms with Crippen molar-refractivity contribution in [1.29, 1.82) is 0 Å². The molecule has 3 aromatic rings. The lowest BCUT2D eigenvalue weighted by molar-refractivity contribution is 0.0600. The van der Waals surface area contributed by atoms with Gasteiger partial charge in [0.25, 0.3) is 5.91 Å². The van der Waals surface area contributed by atoms with Crippen molar-refractivity contribution in [2.75, 3.05) is 17.7 Å². The van der Waals surface area contributed by atoms with Crippen LogP contribution in [0.1, 0.15) is 20.7 Å². The maximum absolute atomic E-state index is 12.2. The van der Waals surface area contributed by atoms with Crippen LogP contribution in [0.3, 0.4) is 0 Å². The minimum atomic E-state index is -0.406. The number of halogens is 1. The van der Waals surface area contributed by atoms with E-state index in [9.17, 15) is 9.59 Å². The van der Waals surface area contributed by atoms with Gasteiger partial charge in [0.1, 0.15) is 5.82 Å². The van der Waals surface area contributed by atoms with E-state index < -0.39 is 5.97 Å². The Hall–Kier alpha value is -3.38. The number of esters is 1. The van der Waals surface area contributed by atoms with Crippen molar-refractivity contribution in [3.63, 3.8) is 0 Å². The van der Waals surface area contributed by atoms with Gasteiger partial charge < -0.3 is 15.4 Å². The van der Waals surface area contributed by atoms with Gasteiger partial charge >= 0.3 is 5.97 Å². The third-order valence-electron chi connectivity index (χ3n) is 3.68. The normalized spacial score (nSPS) is 10.1. The minimum absolute atomic E-state index is 0.273. The van der Waals surface area contributed by atoms with Crippen molar-refractivity contribution in [3.05, 3.63) is 83.0 Å². The summed E-state index contributed by atoms with van der Waals surface area (Å²) in [6.45, 7) is 0. The van der Waals surface area contributed by atoms with Crippen molar-refractivity contribution >= 4 is 40.7 Å². The summed E-state index contributed by atoms with van der Waals surface area (Å²) in [5, 5.41) is 6.43. The zero-order valence-electron chi connectivity index (χ0n) is 14.4. The van der Waals surface area contributed by atoms with Crippen LogP contribution in [0.25, 0.3) is 0 Å². The highest BCUT2D eigenvalue weighted by Gasteiger charge is 2.08. The summed E-state index contributed by atoms with van der Waals surface area (Å²) < 4.78 is 4.71. The summed E-state index contributed by atoms with van der Waals surface area (Å²) >= 11 is 5.82. The van der Waals surface area contributed by atoms with Gasteiger partial charge in [-0.1, -0.05) is 17.7 Å². The Kier molecular flexibility index (Phi) is 5.68. The quantitative estimate of drug-likeness (QED) is 0.635. The number of hydrogen-bond acceptors (Lipinski definition) is 5. The van der Waals surface area contributed by atoms with Crippen LogP contribution in [0, 0.1) is 0 Å². The molecule has 7 heteroatoms. The number of rotatable bonds is 5. The van der Waals surface area contributed by atoms with Crippen molar-refractivity contribution in [2.45, 2.75) is 0 Å². The molecule has 0 bridgehead atoms. The molecule has 0 aliphatic heterocycles. The third kappa shape index (κ3) is 4.83. The number of aromatic nitrogens is 1. The Balaban J connectivity index is 1.66. The van der Waals surface area contributed by atoms with Gasteiger partial charge in [-0.2, -0.15) is 0 Å². The second-order valence-corrected chi connectivity index (χ2v) is 6.03. The lowest BCUT2D eigenvalue weighted by atomic mass is 10.2. The van der Waals surface area contributed by atoms with Crippen LogP contribution in [-0.2, 0) is 4.74 Å². The van der Waals surface area contributed by atoms with E-state index in [-0.39, 0.29) is 5.91 Å². The first-order valence-electron chi connectivity index (χ1n) is 8.03. The summed E-state index contributed by atoms with van der Waals surface area (Å²) in [4.78, 5) is 28.0. The van der Waals surface area contributed by atoms with E-state index in [0.717, 1.165) is 5.69 Å². The Labute approximate surface area is 161 Å². The predicted molar refractivity (Wildman–Crippen MR) is 105 cm³/mol.